The quantitative estimate of drug-likeness (QED) is 0.228. The number of rotatable bonds is 7. The number of nitrogens with zero attached hydrogens (tertiary/aromatic N) is 5. The monoisotopic (exact) mass is 560 g/mol. The van der Waals surface area contributed by atoms with Gasteiger partial charge in [0.15, 0.2) is 0 Å². The molecule has 1 aliphatic heterocycles. The molecule has 1 saturated heterocycles. The third kappa shape index (κ3) is 5.16. The van der Waals surface area contributed by atoms with Gasteiger partial charge in [-0.05, 0) is 74.7 Å². The normalized spacial score (nSPS) is 16.2. The first-order valence-electron chi connectivity index (χ1n) is 15.0. The van der Waals surface area contributed by atoms with Crippen molar-refractivity contribution in [3.8, 4) is 22.4 Å². The second-order valence-electron chi connectivity index (χ2n) is 11.5. The Hall–Kier alpha value is -4.50. The summed E-state index contributed by atoms with van der Waals surface area (Å²) in [6.45, 7) is 2.11. The largest absolute Gasteiger partial charge is 0.382 e. The van der Waals surface area contributed by atoms with Crippen LogP contribution < -0.4 is 21.5 Å². The van der Waals surface area contributed by atoms with Crippen molar-refractivity contribution < 1.29 is 0 Å². The van der Waals surface area contributed by atoms with Gasteiger partial charge in [0, 0.05) is 53.2 Å². The lowest BCUT2D eigenvalue weighted by Gasteiger charge is -2.24. The molecule has 0 unspecified atom stereocenters. The zero-order chi connectivity index (χ0) is 28.5. The number of benzene rings is 2. The molecule has 2 fully saturated rings. The number of imidazole rings is 1. The van der Waals surface area contributed by atoms with E-state index in [1.807, 2.05) is 71.0 Å². The average Bonchev–Trinajstić information content (AvgIpc) is 3.71. The molecule has 4 heterocycles. The van der Waals surface area contributed by atoms with Crippen LogP contribution >= 0.6 is 0 Å². The van der Waals surface area contributed by atoms with Gasteiger partial charge in [-0.2, -0.15) is 4.98 Å². The molecule has 1 aliphatic carbocycles. The number of nitrogens with one attached hydrogen (secondary N) is 3. The Balaban J connectivity index is 1.25. The predicted octanol–water partition coefficient (Wildman–Crippen LogP) is 5.88. The Morgan fingerprint density at radius 1 is 0.881 bits per heavy atom. The Morgan fingerprint density at radius 2 is 1.62 bits per heavy atom. The number of hydrogen-bond acceptors (Lipinski definition) is 7. The maximum Gasteiger partial charge on any atom is 0.260 e. The second-order valence-corrected chi connectivity index (χ2v) is 11.5. The summed E-state index contributed by atoms with van der Waals surface area (Å²) in [7, 11) is 1.97. The summed E-state index contributed by atoms with van der Waals surface area (Å²) in [5.41, 5.74) is 6.17. The zero-order valence-electron chi connectivity index (χ0n) is 23.9. The van der Waals surface area contributed by atoms with Crippen molar-refractivity contribution in [2.24, 2.45) is 7.05 Å². The molecule has 42 heavy (non-hydrogen) atoms. The van der Waals surface area contributed by atoms with Crippen molar-refractivity contribution in [3.05, 3.63) is 83.7 Å². The fourth-order valence-corrected chi connectivity index (χ4v) is 6.41. The van der Waals surface area contributed by atoms with Crippen molar-refractivity contribution >= 4 is 28.4 Å². The number of pyridine rings is 1. The van der Waals surface area contributed by atoms with Gasteiger partial charge in [-0.3, -0.25) is 9.36 Å². The van der Waals surface area contributed by atoms with E-state index < -0.39 is 0 Å². The van der Waals surface area contributed by atoms with Crippen LogP contribution in [0.5, 0.6) is 0 Å². The fourth-order valence-electron chi connectivity index (χ4n) is 6.41. The molecule has 0 spiro atoms. The molecule has 2 aliphatic rings. The highest BCUT2D eigenvalue weighted by Gasteiger charge is 2.24. The molecule has 1 saturated carbocycles. The third-order valence-corrected chi connectivity index (χ3v) is 8.62. The van der Waals surface area contributed by atoms with Gasteiger partial charge in [0.25, 0.3) is 5.56 Å². The molecule has 0 bridgehead atoms. The Kier molecular flexibility index (Phi) is 7.17. The number of piperidine rings is 1. The molecule has 0 amide bonds. The van der Waals surface area contributed by atoms with Crippen LogP contribution in [0.3, 0.4) is 0 Å². The van der Waals surface area contributed by atoms with Crippen molar-refractivity contribution in [3.63, 3.8) is 0 Å². The van der Waals surface area contributed by atoms with Crippen molar-refractivity contribution in [1.82, 2.24) is 29.4 Å². The summed E-state index contributed by atoms with van der Waals surface area (Å²) in [5, 5.41) is 11.3. The molecule has 3 N–H and O–H groups in total. The number of anilines is 3. The highest BCUT2D eigenvalue weighted by Crippen LogP contribution is 2.35. The van der Waals surface area contributed by atoms with E-state index in [0.29, 0.717) is 23.2 Å². The van der Waals surface area contributed by atoms with E-state index in [1.165, 1.54) is 0 Å². The first-order valence-corrected chi connectivity index (χ1v) is 15.0. The smallest absolute Gasteiger partial charge is 0.260 e. The van der Waals surface area contributed by atoms with E-state index in [4.69, 9.17) is 4.98 Å². The van der Waals surface area contributed by atoms with Gasteiger partial charge in [-0.1, -0.05) is 37.1 Å². The molecular weight excluding hydrogens is 524 g/mol. The zero-order valence-corrected chi connectivity index (χ0v) is 23.9. The molecule has 9 heteroatoms. The molecule has 3 aromatic heterocycles. The van der Waals surface area contributed by atoms with Crippen LogP contribution in [-0.2, 0) is 7.05 Å². The van der Waals surface area contributed by atoms with Crippen LogP contribution in [0.4, 0.5) is 17.3 Å². The Morgan fingerprint density at radius 3 is 2.36 bits per heavy atom. The first-order chi connectivity index (χ1) is 20.6. The van der Waals surface area contributed by atoms with Crippen LogP contribution in [0.15, 0.2) is 78.1 Å². The van der Waals surface area contributed by atoms with E-state index in [9.17, 15) is 4.79 Å². The summed E-state index contributed by atoms with van der Waals surface area (Å²) >= 11 is 0. The topological polar surface area (TPSA) is 102 Å². The van der Waals surface area contributed by atoms with Gasteiger partial charge in [-0.25, -0.2) is 9.97 Å². The maximum atomic E-state index is 14.3. The first kappa shape index (κ1) is 26.4. The summed E-state index contributed by atoms with van der Waals surface area (Å²) in [6, 6.07) is 18.9. The fraction of sp³-hybridized carbons (Fsp3) is 0.333. The predicted molar refractivity (Wildman–Crippen MR) is 168 cm³/mol. The molecule has 2 aromatic carbocycles. The van der Waals surface area contributed by atoms with E-state index in [1.54, 1.807) is 6.33 Å². The van der Waals surface area contributed by atoms with Crippen molar-refractivity contribution in [1.29, 1.82) is 0 Å². The van der Waals surface area contributed by atoms with Gasteiger partial charge >= 0.3 is 0 Å². The molecule has 7 rings (SSSR count). The van der Waals surface area contributed by atoms with Gasteiger partial charge in [0.05, 0.1) is 18.2 Å². The maximum absolute atomic E-state index is 14.3. The number of aromatic nitrogens is 5. The number of fused-ring (bicyclic) bond motifs is 1. The molecule has 214 valence electrons. The standard InChI is InChI=1S/C33H36N8O/c1-40-21-35-20-30(40)28-9-5-4-8-27(28)29-18-22-19-36-33(39-31(22)41(32(29)42)26-6-2-3-7-26)38-24-12-10-23(11-13-24)37-25-14-16-34-17-15-25/h4-5,8-13,18-21,25-26,34,37H,2-3,6-7,14-17H2,1H3,(H,36,38,39). The molecule has 5 aromatic rings. The van der Waals surface area contributed by atoms with Gasteiger partial charge < -0.3 is 20.5 Å². The minimum Gasteiger partial charge on any atom is -0.382 e. The number of aryl methyl sites for hydroxylation is 1. The van der Waals surface area contributed by atoms with Gasteiger partial charge in [0.2, 0.25) is 5.95 Å². The van der Waals surface area contributed by atoms with E-state index in [2.05, 4.69) is 38.1 Å². The SMILES string of the molecule is Cn1cncc1-c1ccccc1-c1cc2cnc(Nc3ccc(NC4CCNCC4)cc3)nc2n(C2CCCC2)c1=O. The lowest BCUT2D eigenvalue weighted by molar-refractivity contribution is 0.479. The summed E-state index contributed by atoms with van der Waals surface area (Å²) in [4.78, 5) is 28.2. The lowest BCUT2D eigenvalue weighted by atomic mass is 9.97. The number of hydrogen-bond donors (Lipinski definition) is 3. The summed E-state index contributed by atoms with van der Waals surface area (Å²) < 4.78 is 3.91. The highest BCUT2D eigenvalue weighted by molar-refractivity contribution is 5.87. The molecular formula is C33H36N8O. The van der Waals surface area contributed by atoms with Crippen LogP contribution in [-0.4, -0.2) is 43.2 Å². The minimum atomic E-state index is -0.0120. The Labute approximate surface area is 245 Å². The molecule has 9 nitrogen and oxygen atoms in total. The summed E-state index contributed by atoms with van der Waals surface area (Å²) in [5.74, 6) is 0.482. The summed E-state index contributed by atoms with van der Waals surface area (Å²) in [6.07, 6.45) is 11.9. The van der Waals surface area contributed by atoms with Crippen molar-refractivity contribution in [2.75, 3.05) is 23.7 Å². The lowest BCUT2D eigenvalue weighted by Crippen LogP contribution is -2.35. The van der Waals surface area contributed by atoms with Crippen molar-refractivity contribution in [2.45, 2.75) is 50.6 Å². The van der Waals surface area contributed by atoms with Crippen LogP contribution in [0.2, 0.25) is 0 Å². The van der Waals surface area contributed by atoms with E-state index >= 15 is 0 Å². The minimum absolute atomic E-state index is 0.0120. The second kappa shape index (κ2) is 11.4. The Bertz CT molecular complexity index is 1760. The van der Waals surface area contributed by atoms with Crippen LogP contribution in [0.25, 0.3) is 33.4 Å². The average molecular weight is 561 g/mol. The van der Waals surface area contributed by atoms with E-state index in [0.717, 1.165) is 85.2 Å². The van der Waals surface area contributed by atoms with Gasteiger partial charge in [-0.15, -0.1) is 0 Å². The van der Waals surface area contributed by atoms with Gasteiger partial charge in [0.1, 0.15) is 5.65 Å². The molecule has 0 atom stereocenters. The molecule has 0 radical (unpaired) electrons. The van der Waals surface area contributed by atoms with E-state index in [-0.39, 0.29) is 11.6 Å². The van der Waals surface area contributed by atoms with Crippen LogP contribution in [0, 0.1) is 0 Å². The third-order valence-electron chi connectivity index (χ3n) is 8.62. The highest BCUT2D eigenvalue weighted by atomic mass is 16.1. The van der Waals surface area contributed by atoms with Crippen LogP contribution in [0.1, 0.15) is 44.6 Å².